The van der Waals surface area contributed by atoms with E-state index in [9.17, 15) is 20.1 Å². The number of nitrogens with zero attached hydrogens (tertiary/aromatic N) is 2. The maximum atomic E-state index is 11.8. The maximum absolute atomic E-state index is 11.8. The first-order chi connectivity index (χ1) is 11.9. The van der Waals surface area contributed by atoms with Crippen LogP contribution in [0.5, 0.6) is 0 Å². The van der Waals surface area contributed by atoms with Crippen LogP contribution in [0.3, 0.4) is 0 Å². The Kier molecular flexibility index (Phi) is 6.62. The maximum Gasteiger partial charge on any atom is 0.276 e. The van der Waals surface area contributed by atoms with Gasteiger partial charge < -0.3 is 20.4 Å². The van der Waals surface area contributed by atoms with Gasteiger partial charge in [-0.05, 0) is 23.8 Å². The summed E-state index contributed by atoms with van der Waals surface area (Å²) in [6.07, 6.45) is -2.16. The lowest BCUT2D eigenvalue weighted by Crippen LogP contribution is -2.41. The Hall–Kier alpha value is -2.30. The van der Waals surface area contributed by atoms with Crippen molar-refractivity contribution in [1.82, 2.24) is 10.7 Å². The minimum absolute atomic E-state index is 0.0332. The van der Waals surface area contributed by atoms with Crippen molar-refractivity contribution < 1.29 is 25.2 Å². The number of aliphatic imine (C=N–C) groups is 1. The highest BCUT2D eigenvalue weighted by atomic mass is 35.5. The van der Waals surface area contributed by atoms with E-state index in [1.165, 1.54) is 0 Å². The number of amides is 1. The van der Waals surface area contributed by atoms with Crippen molar-refractivity contribution in [2.45, 2.75) is 18.3 Å². The fraction of sp³-hybridized carbons (Fsp3) is 0.267. The summed E-state index contributed by atoms with van der Waals surface area (Å²) in [7, 11) is 0. The zero-order valence-corrected chi connectivity index (χ0v) is 13.6. The number of halogens is 1. The predicted octanol–water partition coefficient (Wildman–Crippen LogP) is -1.18. The number of hydrogen-bond acceptors (Lipinski definition) is 8. The number of aliphatic hydroxyl groups is 4. The fourth-order valence-electron chi connectivity index (χ4n) is 1.84. The van der Waals surface area contributed by atoms with Crippen molar-refractivity contribution in [2.24, 2.45) is 10.1 Å². The standard InChI is InChI=1S/C15H17ClN4O5/c16-9-3-1-8(2-4-9)5-10-14(25)19-15(18-10)20-17-6-11(22)13(24)12(23)7-21/h1-6,11-13,21-24H,7H2,(H2,18,19,20,25). The first kappa shape index (κ1) is 19.0. The molecule has 1 aliphatic heterocycles. The average molecular weight is 369 g/mol. The van der Waals surface area contributed by atoms with Crippen LogP contribution in [0, 0.1) is 0 Å². The Balaban J connectivity index is 1.98. The number of carbonyl (C=O) groups is 1. The van der Waals surface area contributed by atoms with Gasteiger partial charge in [-0.3, -0.25) is 10.1 Å². The van der Waals surface area contributed by atoms with Gasteiger partial charge in [-0.2, -0.15) is 5.10 Å². The summed E-state index contributed by atoms with van der Waals surface area (Å²) in [5.74, 6) is -0.408. The zero-order valence-electron chi connectivity index (χ0n) is 12.9. The molecule has 1 aliphatic rings. The van der Waals surface area contributed by atoms with Gasteiger partial charge in [0, 0.05) is 5.02 Å². The summed E-state index contributed by atoms with van der Waals surface area (Å²) in [4.78, 5) is 15.8. The van der Waals surface area contributed by atoms with Crippen LogP contribution in [0.25, 0.3) is 6.08 Å². The summed E-state index contributed by atoms with van der Waals surface area (Å²) in [5.41, 5.74) is 3.28. The van der Waals surface area contributed by atoms with Gasteiger partial charge in [0.15, 0.2) is 0 Å². The van der Waals surface area contributed by atoms with Crippen molar-refractivity contribution in [3.63, 3.8) is 0 Å². The highest BCUT2D eigenvalue weighted by Gasteiger charge is 2.23. The summed E-state index contributed by atoms with van der Waals surface area (Å²) < 4.78 is 0. The predicted molar refractivity (Wildman–Crippen MR) is 91.7 cm³/mol. The second-order valence-corrected chi connectivity index (χ2v) is 5.55. The largest absolute Gasteiger partial charge is 0.394 e. The Labute approximate surface area is 148 Å². The second-order valence-electron chi connectivity index (χ2n) is 5.12. The van der Waals surface area contributed by atoms with Gasteiger partial charge in [0.2, 0.25) is 5.96 Å². The number of hydrogen-bond donors (Lipinski definition) is 6. The summed E-state index contributed by atoms with van der Waals surface area (Å²) in [6.45, 7) is -0.707. The summed E-state index contributed by atoms with van der Waals surface area (Å²) in [6, 6.07) is 6.82. The van der Waals surface area contributed by atoms with Crippen LogP contribution in [-0.2, 0) is 4.79 Å². The molecule has 25 heavy (non-hydrogen) atoms. The molecule has 134 valence electrons. The molecule has 1 aromatic carbocycles. The monoisotopic (exact) mass is 368 g/mol. The number of guanidine groups is 1. The first-order valence-electron chi connectivity index (χ1n) is 7.22. The molecule has 0 radical (unpaired) electrons. The lowest BCUT2D eigenvalue weighted by molar-refractivity contribution is -0.115. The topological polar surface area (TPSA) is 147 Å². The SMILES string of the molecule is O=C1NC(NN=CC(O)C(O)C(O)CO)=NC1=Cc1ccc(Cl)cc1. The van der Waals surface area contributed by atoms with Crippen LogP contribution in [0.15, 0.2) is 40.1 Å². The van der Waals surface area contributed by atoms with E-state index in [4.69, 9.17) is 16.7 Å². The van der Waals surface area contributed by atoms with Gasteiger partial charge in [0.1, 0.15) is 24.0 Å². The number of benzene rings is 1. The Bertz CT molecular complexity index is 704. The molecule has 2 rings (SSSR count). The van der Waals surface area contributed by atoms with Crippen LogP contribution in [-0.4, -0.2) is 63.4 Å². The number of nitrogens with one attached hydrogen (secondary N) is 2. The molecule has 3 unspecified atom stereocenters. The first-order valence-corrected chi connectivity index (χ1v) is 7.60. The molecule has 1 amide bonds. The van der Waals surface area contributed by atoms with Crippen LogP contribution >= 0.6 is 11.6 Å². The van der Waals surface area contributed by atoms with Crippen molar-refractivity contribution in [2.75, 3.05) is 6.61 Å². The highest BCUT2D eigenvalue weighted by Crippen LogP contribution is 2.14. The van der Waals surface area contributed by atoms with Crippen molar-refractivity contribution in [1.29, 1.82) is 0 Å². The van der Waals surface area contributed by atoms with Crippen molar-refractivity contribution in [3.05, 3.63) is 40.5 Å². The normalized spacial score (nSPS) is 19.6. The van der Waals surface area contributed by atoms with Gasteiger partial charge in [-0.25, -0.2) is 10.4 Å². The Morgan fingerprint density at radius 1 is 1.28 bits per heavy atom. The molecule has 0 fully saturated rings. The third kappa shape index (κ3) is 5.34. The third-order valence-corrected chi connectivity index (χ3v) is 3.45. The molecule has 1 aromatic rings. The molecule has 1 heterocycles. The lowest BCUT2D eigenvalue weighted by atomic mass is 10.1. The highest BCUT2D eigenvalue weighted by molar-refractivity contribution is 6.30. The molecule has 0 aromatic heterocycles. The molecule has 10 heteroatoms. The third-order valence-electron chi connectivity index (χ3n) is 3.20. The molecule has 0 aliphatic carbocycles. The lowest BCUT2D eigenvalue weighted by Gasteiger charge is -2.17. The fourth-order valence-corrected chi connectivity index (χ4v) is 1.96. The number of rotatable bonds is 6. The van der Waals surface area contributed by atoms with E-state index in [1.807, 2.05) is 0 Å². The molecule has 3 atom stereocenters. The van der Waals surface area contributed by atoms with Crippen LogP contribution in [0.2, 0.25) is 5.02 Å². The average Bonchev–Trinajstić information content (AvgIpc) is 2.94. The second kappa shape index (κ2) is 8.70. The quantitative estimate of drug-likeness (QED) is 0.211. The molecule has 0 spiro atoms. The van der Waals surface area contributed by atoms with E-state index in [2.05, 4.69) is 20.8 Å². The van der Waals surface area contributed by atoms with Crippen LogP contribution in [0.1, 0.15) is 5.56 Å². The summed E-state index contributed by atoms with van der Waals surface area (Å²) >= 11 is 5.79. The van der Waals surface area contributed by atoms with E-state index in [0.717, 1.165) is 11.8 Å². The zero-order chi connectivity index (χ0) is 18.4. The number of carbonyl (C=O) groups excluding carboxylic acids is 1. The number of aliphatic hydroxyl groups excluding tert-OH is 4. The summed E-state index contributed by atoms with van der Waals surface area (Å²) in [5, 5.41) is 43.5. The van der Waals surface area contributed by atoms with Crippen LogP contribution < -0.4 is 10.7 Å². The molecule has 9 nitrogen and oxygen atoms in total. The minimum atomic E-state index is -1.60. The number of hydrazone groups is 1. The van der Waals surface area contributed by atoms with E-state index in [-0.39, 0.29) is 11.7 Å². The van der Waals surface area contributed by atoms with Gasteiger partial charge in [-0.1, -0.05) is 23.7 Å². The van der Waals surface area contributed by atoms with Crippen molar-refractivity contribution in [3.8, 4) is 0 Å². The molecular weight excluding hydrogens is 352 g/mol. The van der Waals surface area contributed by atoms with E-state index < -0.39 is 30.8 Å². The van der Waals surface area contributed by atoms with E-state index in [0.29, 0.717) is 5.02 Å². The van der Waals surface area contributed by atoms with Gasteiger partial charge in [0.25, 0.3) is 5.91 Å². The van der Waals surface area contributed by atoms with E-state index in [1.54, 1.807) is 30.3 Å². The molecule has 0 saturated heterocycles. The van der Waals surface area contributed by atoms with Crippen LogP contribution in [0.4, 0.5) is 0 Å². The van der Waals surface area contributed by atoms with Gasteiger partial charge >= 0.3 is 0 Å². The van der Waals surface area contributed by atoms with Crippen molar-refractivity contribution >= 4 is 35.8 Å². The molecule has 6 N–H and O–H groups in total. The molecule has 0 bridgehead atoms. The van der Waals surface area contributed by atoms with E-state index >= 15 is 0 Å². The van der Waals surface area contributed by atoms with Gasteiger partial charge in [-0.15, -0.1) is 0 Å². The Morgan fingerprint density at radius 2 is 1.96 bits per heavy atom. The minimum Gasteiger partial charge on any atom is -0.394 e. The molecule has 0 saturated carbocycles. The van der Waals surface area contributed by atoms with Gasteiger partial charge in [0.05, 0.1) is 12.8 Å². The smallest absolute Gasteiger partial charge is 0.276 e. The Morgan fingerprint density at radius 3 is 2.60 bits per heavy atom. The molecular formula is C15H17ClN4O5.